The fourth-order valence-electron chi connectivity index (χ4n) is 3.77. The Morgan fingerprint density at radius 2 is 1.64 bits per heavy atom. The summed E-state index contributed by atoms with van der Waals surface area (Å²) in [7, 11) is 0. The van der Waals surface area contributed by atoms with Crippen LogP contribution in [0.4, 0.5) is 4.39 Å². The molecule has 1 aromatic rings. The number of benzene rings is 1. The van der Waals surface area contributed by atoms with Crippen LogP contribution in [-0.2, 0) is 20.8 Å². The van der Waals surface area contributed by atoms with Gasteiger partial charge in [-0.1, -0.05) is 12.1 Å². The molecule has 2 fully saturated rings. The Labute approximate surface area is 143 Å². The zero-order valence-corrected chi connectivity index (χ0v) is 13.5. The number of nitrogens with zero attached hydrogens (tertiary/aromatic N) is 1. The molecule has 2 atom stereocenters. The molecular weight excluding hydrogens is 331 g/mol. The highest BCUT2D eigenvalue weighted by Gasteiger charge is 2.80. The van der Waals surface area contributed by atoms with Crippen molar-refractivity contribution in [3.8, 4) is 0 Å². The molecule has 1 saturated carbocycles. The minimum Gasteiger partial charge on any atom is -0.481 e. The second kappa shape index (κ2) is 6.11. The molecule has 1 aliphatic heterocycles. The number of carboxylic acid groups (broad SMARTS) is 2. The van der Waals surface area contributed by atoms with Crippen molar-refractivity contribution in [1.82, 2.24) is 10.2 Å². The number of rotatable bonds is 7. The summed E-state index contributed by atoms with van der Waals surface area (Å²) in [5.41, 5.74) is -1.65. The van der Waals surface area contributed by atoms with Crippen LogP contribution in [0.25, 0.3) is 0 Å². The maximum Gasteiger partial charge on any atom is 0.312 e. The van der Waals surface area contributed by atoms with E-state index in [1.165, 1.54) is 12.1 Å². The first kappa shape index (κ1) is 17.3. The molecule has 0 bridgehead atoms. The number of halogens is 1. The first-order valence-electron chi connectivity index (χ1n) is 7.99. The molecule has 1 aromatic carbocycles. The number of fused-ring (bicyclic) bond motifs is 1. The normalized spacial score (nSPS) is 27.6. The van der Waals surface area contributed by atoms with Gasteiger partial charge in [0, 0.05) is 19.6 Å². The summed E-state index contributed by atoms with van der Waals surface area (Å²) >= 11 is 0. The topological polar surface area (TPSA) is 107 Å². The predicted octanol–water partition coefficient (Wildman–Crippen LogP) is 0.346. The highest BCUT2D eigenvalue weighted by Crippen LogP contribution is 2.68. The second-order valence-electron chi connectivity index (χ2n) is 6.82. The average molecular weight is 350 g/mol. The Bertz CT molecular complexity index is 694. The maximum absolute atomic E-state index is 12.8. The number of carboxylic acids is 2. The van der Waals surface area contributed by atoms with E-state index in [2.05, 4.69) is 5.32 Å². The molecule has 2 aliphatic rings. The van der Waals surface area contributed by atoms with Crippen LogP contribution in [0.3, 0.4) is 0 Å². The van der Waals surface area contributed by atoms with E-state index < -0.39 is 22.8 Å². The third-order valence-electron chi connectivity index (χ3n) is 5.22. The first-order chi connectivity index (χ1) is 11.8. The molecule has 1 aliphatic carbocycles. The third kappa shape index (κ3) is 2.97. The standard InChI is InChI=1S/C17H19FN2O5/c18-12-3-1-11(2-4-12)5-6-19-13(21)7-20-9-16(14(22)23)8-17(16,10-20)15(24)25/h1-4H,5-10H2,(H,19,21)(H,22,23)(H,24,25)/t16-,17+. The van der Waals surface area contributed by atoms with Gasteiger partial charge in [0.05, 0.1) is 17.4 Å². The molecule has 0 radical (unpaired) electrons. The molecule has 25 heavy (non-hydrogen) atoms. The van der Waals surface area contributed by atoms with Crippen LogP contribution in [-0.4, -0.2) is 59.1 Å². The SMILES string of the molecule is O=C(CN1C[C@@]2(C(=O)O)C[C@@]2(C(=O)O)C1)NCCc1ccc(F)cc1. The van der Waals surface area contributed by atoms with Gasteiger partial charge >= 0.3 is 11.9 Å². The van der Waals surface area contributed by atoms with E-state index in [1.807, 2.05) is 0 Å². The Morgan fingerprint density at radius 1 is 1.08 bits per heavy atom. The molecule has 0 unspecified atom stereocenters. The lowest BCUT2D eigenvalue weighted by Crippen LogP contribution is -2.39. The van der Waals surface area contributed by atoms with Crippen molar-refractivity contribution in [2.75, 3.05) is 26.2 Å². The fourth-order valence-corrected chi connectivity index (χ4v) is 3.77. The Morgan fingerprint density at radius 3 is 2.16 bits per heavy atom. The number of carbonyl (C=O) groups is 3. The molecule has 0 aromatic heterocycles. The minimum absolute atomic E-state index is 0.0342. The number of hydrogen-bond donors (Lipinski definition) is 3. The average Bonchev–Trinajstić information content (AvgIpc) is 3.09. The molecule has 1 amide bonds. The van der Waals surface area contributed by atoms with Crippen molar-refractivity contribution in [3.63, 3.8) is 0 Å². The van der Waals surface area contributed by atoms with Gasteiger partial charge in [-0.3, -0.25) is 19.3 Å². The molecule has 3 rings (SSSR count). The minimum atomic E-state index is -1.27. The summed E-state index contributed by atoms with van der Waals surface area (Å²) in [6.07, 6.45) is 0.664. The van der Waals surface area contributed by atoms with Crippen molar-refractivity contribution >= 4 is 17.8 Å². The van der Waals surface area contributed by atoms with E-state index in [1.54, 1.807) is 17.0 Å². The number of likely N-dealkylation sites (tertiary alicyclic amines) is 1. The lowest BCUT2D eigenvalue weighted by molar-refractivity contribution is -0.151. The van der Waals surface area contributed by atoms with Crippen molar-refractivity contribution in [2.45, 2.75) is 12.8 Å². The molecule has 8 heteroatoms. The van der Waals surface area contributed by atoms with Gasteiger partial charge in [-0.05, 0) is 30.5 Å². The van der Waals surface area contributed by atoms with Crippen LogP contribution >= 0.6 is 0 Å². The molecule has 3 N–H and O–H groups in total. The van der Waals surface area contributed by atoms with Gasteiger partial charge in [-0.2, -0.15) is 0 Å². The zero-order valence-electron chi connectivity index (χ0n) is 13.5. The first-order valence-corrected chi connectivity index (χ1v) is 7.99. The lowest BCUT2D eigenvalue weighted by atomic mass is 9.97. The van der Waals surface area contributed by atoms with E-state index in [9.17, 15) is 29.0 Å². The maximum atomic E-state index is 12.8. The summed E-state index contributed by atoms with van der Waals surface area (Å²) in [6.45, 7) is 0.472. The summed E-state index contributed by atoms with van der Waals surface area (Å²) in [5.74, 6) is -2.84. The van der Waals surface area contributed by atoms with Gasteiger partial charge in [-0.15, -0.1) is 0 Å². The Hall–Kier alpha value is -2.48. The van der Waals surface area contributed by atoms with Crippen LogP contribution in [0.2, 0.25) is 0 Å². The summed E-state index contributed by atoms with van der Waals surface area (Å²) < 4.78 is 12.8. The van der Waals surface area contributed by atoms with Gasteiger partial charge in [0.2, 0.25) is 5.91 Å². The number of piperidine rings is 1. The summed E-state index contributed by atoms with van der Waals surface area (Å²) in [5, 5.41) is 21.4. The van der Waals surface area contributed by atoms with Crippen LogP contribution in [0, 0.1) is 16.6 Å². The van der Waals surface area contributed by atoms with Crippen LogP contribution in [0.5, 0.6) is 0 Å². The smallest absolute Gasteiger partial charge is 0.312 e. The Balaban J connectivity index is 1.48. The van der Waals surface area contributed by atoms with Gasteiger partial charge in [0.15, 0.2) is 0 Å². The van der Waals surface area contributed by atoms with Crippen molar-refractivity contribution in [1.29, 1.82) is 0 Å². The molecular formula is C17H19FN2O5. The van der Waals surface area contributed by atoms with Crippen LogP contribution in [0.1, 0.15) is 12.0 Å². The van der Waals surface area contributed by atoms with Crippen molar-refractivity contribution < 1.29 is 29.0 Å². The summed E-state index contributed by atoms with van der Waals surface area (Å²) in [4.78, 5) is 36.5. The fraction of sp³-hybridized carbons (Fsp3) is 0.471. The highest BCUT2D eigenvalue weighted by atomic mass is 19.1. The number of amides is 1. The molecule has 134 valence electrons. The highest BCUT2D eigenvalue weighted by molar-refractivity contribution is 5.94. The number of aliphatic carboxylic acids is 2. The Kier molecular flexibility index (Phi) is 4.24. The van der Waals surface area contributed by atoms with E-state index >= 15 is 0 Å². The van der Waals surface area contributed by atoms with Crippen LogP contribution in [0.15, 0.2) is 24.3 Å². The summed E-state index contributed by atoms with van der Waals surface area (Å²) in [6, 6.07) is 5.99. The van der Waals surface area contributed by atoms with Gasteiger partial charge in [0.1, 0.15) is 5.82 Å². The van der Waals surface area contributed by atoms with Crippen molar-refractivity contribution in [2.24, 2.45) is 10.8 Å². The van der Waals surface area contributed by atoms with E-state index in [0.29, 0.717) is 13.0 Å². The van der Waals surface area contributed by atoms with Crippen LogP contribution < -0.4 is 5.32 Å². The van der Waals surface area contributed by atoms with E-state index in [4.69, 9.17) is 0 Å². The zero-order chi connectivity index (χ0) is 18.2. The van der Waals surface area contributed by atoms with Gasteiger partial charge in [0.25, 0.3) is 0 Å². The lowest BCUT2D eigenvalue weighted by Gasteiger charge is -2.18. The monoisotopic (exact) mass is 350 g/mol. The molecule has 1 heterocycles. The number of hydrogen-bond acceptors (Lipinski definition) is 4. The van der Waals surface area contributed by atoms with E-state index in [0.717, 1.165) is 5.56 Å². The van der Waals surface area contributed by atoms with Gasteiger partial charge < -0.3 is 15.5 Å². The molecule has 7 nitrogen and oxygen atoms in total. The third-order valence-corrected chi connectivity index (χ3v) is 5.22. The molecule has 0 spiro atoms. The molecule has 1 saturated heterocycles. The number of carbonyl (C=O) groups excluding carboxylic acids is 1. The second-order valence-corrected chi connectivity index (χ2v) is 6.82. The van der Waals surface area contributed by atoms with E-state index in [-0.39, 0.29) is 37.8 Å². The predicted molar refractivity (Wildman–Crippen MR) is 84.3 cm³/mol. The van der Waals surface area contributed by atoms with Crippen molar-refractivity contribution in [3.05, 3.63) is 35.6 Å². The largest absolute Gasteiger partial charge is 0.481 e. The number of nitrogens with one attached hydrogen (secondary N) is 1. The van der Waals surface area contributed by atoms with Gasteiger partial charge in [-0.25, -0.2) is 4.39 Å². The quantitative estimate of drug-likeness (QED) is 0.655.